The van der Waals surface area contributed by atoms with Crippen LogP contribution in [0.15, 0.2) is 18.2 Å². The Labute approximate surface area is 122 Å². The Bertz CT molecular complexity index is 811. The van der Waals surface area contributed by atoms with Gasteiger partial charge in [-0.3, -0.25) is 0 Å². The minimum absolute atomic E-state index is 0.0294. The van der Waals surface area contributed by atoms with Crippen LogP contribution in [0, 0.1) is 0 Å². The van der Waals surface area contributed by atoms with Crippen molar-refractivity contribution < 1.29 is 9.90 Å². The highest BCUT2D eigenvalue weighted by Gasteiger charge is 2.16. The molecule has 3 aromatic rings. The van der Waals surface area contributed by atoms with Gasteiger partial charge in [-0.25, -0.2) is 9.78 Å². The molecule has 0 aliphatic carbocycles. The third-order valence-corrected chi connectivity index (χ3v) is 3.97. The summed E-state index contributed by atoms with van der Waals surface area (Å²) in [6, 6.07) is 5.02. The molecule has 6 nitrogen and oxygen atoms in total. The van der Waals surface area contributed by atoms with Gasteiger partial charge in [0, 0.05) is 6.42 Å². The first-order valence-electron chi connectivity index (χ1n) is 5.84. The van der Waals surface area contributed by atoms with Crippen LogP contribution in [0.3, 0.4) is 0 Å². The number of carboxylic acids is 1. The fourth-order valence-electron chi connectivity index (χ4n) is 1.79. The number of hydrogen-bond acceptors (Lipinski definition) is 5. The number of halogens is 1. The van der Waals surface area contributed by atoms with Crippen LogP contribution < -0.4 is 0 Å². The second-order valence-corrected chi connectivity index (χ2v) is 5.74. The lowest BCUT2D eigenvalue weighted by Crippen LogP contribution is -2.08. The summed E-state index contributed by atoms with van der Waals surface area (Å²) in [5, 5.41) is 13.4. The summed E-state index contributed by atoms with van der Waals surface area (Å²) < 4.78 is 1.87. The van der Waals surface area contributed by atoms with Crippen molar-refractivity contribution in [2.45, 2.75) is 13.3 Å². The van der Waals surface area contributed by atoms with E-state index < -0.39 is 5.97 Å². The first-order chi connectivity index (χ1) is 9.58. The van der Waals surface area contributed by atoms with E-state index in [1.807, 2.05) is 6.92 Å². The highest BCUT2D eigenvalue weighted by atomic mass is 35.5. The Kier molecular flexibility index (Phi) is 3.15. The maximum Gasteiger partial charge on any atom is 0.354 e. The Morgan fingerprint density at radius 2 is 2.25 bits per heavy atom. The molecule has 3 rings (SSSR count). The summed E-state index contributed by atoms with van der Waals surface area (Å²) in [5.41, 5.74) is 0.559. The second-order valence-electron chi connectivity index (χ2n) is 4.03. The quantitative estimate of drug-likeness (QED) is 0.804. The van der Waals surface area contributed by atoms with E-state index in [0.717, 1.165) is 4.88 Å². The van der Waals surface area contributed by atoms with Crippen LogP contribution >= 0.6 is 22.9 Å². The molecular formula is C12H9ClN4O2S. The first-order valence-corrected chi connectivity index (χ1v) is 7.03. The van der Waals surface area contributed by atoms with Gasteiger partial charge in [0.25, 0.3) is 5.78 Å². The van der Waals surface area contributed by atoms with E-state index in [4.69, 9.17) is 11.6 Å². The van der Waals surface area contributed by atoms with Crippen LogP contribution in [0.2, 0.25) is 4.34 Å². The van der Waals surface area contributed by atoms with Crippen molar-refractivity contribution in [3.63, 3.8) is 0 Å². The monoisotopic (exact) mass is 308 g/mol. The lowest BCUT2D eigenvalue weighted by atomic mass is 10.3. The number of nitrogens with zero attached hydrogens (tertiary/aromatic N) is 4. The van der Waals surface area contributed by atoms with E-state index in [9.17, 15) is 9.90 Å². The summed E-state index contributed by atoms with van der Waals surface area (Å²) in [7, 11) is 0. The Morgan fingerprint density at radius 1 is 1.45 bits per heavy atom. The molecular weight excluding hydrogens is 300 g/mol. The van der Waals surface area contributed by atoms with Crippen molar-refractivity contribution in [3.05, 3.63) is 34.1 Å². The summed E-state index contributed by atoms with van der Waals surface area (Å²) in [6.45, 7) is 1.90. The second kappa shape index (κ2) is 4.84. The molecule has 8 heteroatoms. The Balaban J connectivity index is 2.27. The molecule has 0 spiro atoms. The lowest BCUT2D eigenvalue weighted by molar-refractivity contribution is 0.0687. The van der Waals surface area contributed by atoms with E-state index >= 15 is 0 Å². The zero-order chi connectivity index (χ0) is 14.3. The van der Waals surface area contributed by atoms with E-state index in [0.29, 0.717) is 22.3 Å². The van der Waals surface area contributed by atoms with Gasteiger partial charge in [0.15, 0.2) is 11.5 Å². The van der Waals surface area contributed by atoms with Crippen LogP contribution in [0.25, 0.3) is 16.3 Å². The molecule has 0 fully saturated rings. The molecule has 20 heavy (non-hydrogen) atoms. The molecule has 0 saturated heterocycles. The minimum atomic E-state index is -1.08. The van der Waals surface area contributed by atoms with Crippen molar-refractivity contribution in [2.75, 3.05) is 0 Å². The number of fused-ring (bicyclic) bond motifs is 1. The lowest BCUT2D eigenvalue weighted by Gasteiger charge is -2.01. The Hall–Kier alpha value is -1.99. The van der Waals surface area contributed by atoms with Crippen molar-refractivity contribution in [1.29, 1.82) is 0 Å². The zero-order valence-electron chi connectivity index (χ0n) is 10.4. The molecule has 3 heterocycles. The topological polar surface area (TPSA) is 80.4 Å². The van der Waals surface area contributed by atoms with Crippen molar-refractivity contribution in [2.24, 2.45) is 0 Å². The predicted octanol–water partition coefficient (Wildman–Crippen LogP) is 2.77. The van der Waals surface area contributed by atoms with Crippen LogP contribution in [-0.4, -0.2) is 30.7 Å². The first kappa shape index (κ1) is 13.0. The number of carboxylic acid groups (broad SMARTS) is 1. The van der Waals surface area contributed by atoms with Gasteiger partial charge in [-0.2, -0.15) is 9.50 Å². The van der Waals surface area contributed by atoms with Gasteiger partial charge in [-0.1, -0.05) is 18.5 Å². The highest BCUT2D eigenvalue weighted by molar-refractivity contribution is 7.19. The smallest absolute Gasteiger partial charge is 0.354 e. The summed E-state index contributed by atoms with van der Waals surface area (Å²) >= 11 is 7.23. The van der Waals surface area contributed by atoms with Crippen LogP contribution in [0.4, 0.5) is 0 Å². The van der Waals surface area contributed by atoms with Crippen LogP contribution in [0.5, 0.6) is 0 Å². The summed E-state index contributed by atoms with van der Waals surface area (Å²) in [4.78, 5) is 20.7. The molecule has 0 aliphatic heterocycles. The average molecular weight is 309 g/mol. The Morgan fingerprint density at radius 3 is 2.85 bits per heavy atom. The molecule has 0 unspecified atom stereocenters. The van der Waals surface area contributed by atoms with E-state index in [1.54, 1.807) is 12.1 Å². The largest absolute Gasteiger partial charge is 0.477 e. The molecule has 0 radical (unpaired) electrons. The predicted molar refractivity (Wildman–Crippen MR) is 75.4 cm³/mol. The normalized spacial score (nSPS) is 11.1. The molecule has 0 atom stereocenters. The molecule has 0 aromatic carbocycles. The van der Waals surface area contributed by atoms with Gasteiger partial charge in [0.1, 0.15) is 0 Å². The van der Waals surface area contributed by atoms with Gasteiger partial charge < -0.3 is 5.11 Å². The average Bonchev–Trinajstić information content (AvgIpc) is 3.02. The SMILES string of the molecule is CCc1nc2nc(-c3ccc(Cl)s3)cc(C(=O)O)n2n1. The number of aromatic nitrogens is 4. The van der Waals surface area contributed by atoms with Gasteiger partial charge in [-0.15, -0.1) is 16.4 Å². The van der Waals surface area contributed by atoms with Crippen molar-refractivity contribution in [1.82, 2.24) is 19.6 Å². The molecule has 0 bridgehead atoms. The third-order valence-electron chi connectivity index (χ3n) is 2.72. The van der Waals surface area contributed by atoms with Gasteiger partial charge in [0.2, 0.25) is 0 Å². The number of aryl methyl sites for hydroxylation is 1. The fraction of sp³-hybridized carbons (Fsp3) is 0.167. The van der Waals surface area contributed by atoms with Gasteiger partial charge in [0.05, 0.1) is 14.9 Å². The maximum absolute atomic E-state index is 11.4. The molecule has 3 aromatic heterocycles. The van der Waals surface area contributed by atoms with E-state index in [2.05, 4.69) is 15.1 Å². The van der Waals surface area contributed by atoms with E-state index in [-0.39, 0.29) is 11.5 Å². The molecule has 0 saturated carbocycles. The van der Waals surface area contributed by atoms with E-state index in [1.165, 1.54) is 21.9 Å². The number of rotatable bonds is 3. The maximum atomic E-state index is 11.4. The standard InChI is InChI=1S/C12H9ClN4O2S/c1-2-10-15-12-14-6(8-3-4-9(13)20-8)5-7(11(18)19)17(12)16-10/h3-5H,2H2,1H3,(H,18,19). The van der Waals surface area contributed by atoms with Gasteiger partial charge in [-0.05, 0) is 18.2 Å². The van der Waals surface area contributed by atoms with Crippen LogP contribution in [0.1, 0.15) is 23.2 Å². The van der Waals surface area contributed by atoms with Crippen LogP contribution in [-0.2, 0) is 6.42 Å². The fourth-order valence-corrected chi connectivity index (χ4v) is 2.79. The number of thiophene rings is 1. The molecule has 0 aliphatic rings. The van der Waals surface area contributed by atoms with Crippen molar-refractivity contribution in [3.8, 4) is 10.6 Å². The number of carbonyl (C=O) groups is 1. The molecule has 102 valence electrons. The number of hydrogen-bond donors (Lipinski definition) is 1. The number of aromatic carboxylic acids is 1. The molecule has 0 amide bonds. The summed E-state index contributed by atoms with van der Waals surface area (Å²) in [6.07, 6.45) is 0.614. The van der Waals surface area contributed by atoms with Crippen molar-refractivity contribution >= 4 is 34.7 Å². The third kappa shape index (κ3) is 2.14. The summed E-state index contributed by atoms with van der Waals surface area (Å²) in [5.74, 6) is -0.239. The zero-order valence-corrected chi connectivity index (χ0v) is 11.9. The minimum Gasteiger partial charge on any atom is -0.477 e. The highest BCUT2D eigenvalue weighted by Crippen LogP contribution is 2.30. The molecule has 1 N–H and O–H groups in total. The van der Waals surface area contributed by atoms with Gasteiger partial charge >= 0.3 is 5.97 Å².